The molecule has 6 heteroatoms. The van der Waals surface area contributed by atoms with E-state index < -0.39 is 16.8 Å². The first-order chi connectivity index (χ1) is 10.8. The van der Waals surface area contributed by atoms with E-state index in [9.17, 15) is 9.90 Å². The van der Waals surface area contributed by atoms with Gasteiger partial charge >= 0.3 is 13.6 Å². The van der Waals surface area contributed by atoms with E-state index in [1.54, 1.807) is 21.3 Å². The SMILES string of the molecule is CC(C)(C)OC(=O)N1C2C=C([B]OC(C)(C)C(C)(C)O)CC1CC2. The van der Waals surface area contributed by atoms with Crippen LogP contribution in [0, 0.1) is 0 Å². The Hall–Kier alpha value is -1.01. The Bertz CT molecular complexity index is 516. The number of nitrogens with zero attached hydrogens (tertiary/aromatic N) is 1. The van der Waals surface area contributed by atoms with Gasteiger partial charge in [-0.05, 0) is 67.7 Å². The summed E-state index contributed by atoms with van der Waals surface area (Å²) in [5.74, 6) is 0. The molecule has 0 aromatic heterocycles. The molecule has 1 amide bonds. The summed E-state index contributed by atoms with van der Waals surface area (Å²) in [6.45, 7) is 12.9. The van der Waals surface area contributed by atoms with Gasteiger partial charge in [-0.1, -0.05) is 11.5 Å². The molecule has 2 atom stereocenters. The molecule has 0 aliphatic carbocycles. The number of ether oxygens (including phenoxy) is 1. The van der Waals surface area contributed by atoms with Crippen LogP contribution in [0.15, 0.2) is 11.5 Å². The maximum absolute atomic E-state index is 12.4. The average molecular weight is 336 g/mol. The van der Waals surface area contributed by atoms with Crippen molar-refractivity contribution in [2.24, 2.45) is 0 Å². The molecule has 2 bridgehead atoms. The molecule has 0 spiro atoms. The van der Waals surface area contributed by atoms with E-state index in [1.807, 2.05) is 39.5 Å². The van der Waals surface area contributed by atoms with Crippen molar-refractivity contribution in [1.29, 1.82) is 0 Å². The van der Waals surface area contributed by atoms with Gasteiger partial charge in [0.05, 0.1) is 17.2 Å². The lowest BCUT2D eigenvalue weighted by molar-refractivity contribution is -0.0898. The van der Waals surface area contributed by atoms with Gasteiger partial charge in [-0.2, -0.15) is 0 Å². The van der Waals surface area contributed by atoms with Crippen LogP contribution in [0.3, 0.4) is 0 Å². The molecule has 5 nitrogen and oxygen atoms in total. The average Bonchev–Trinajstić information content (AvgIpc) is 2.65. The highest BCUT2D eigenvalue weighted by Crippen LogP contribution is 2.36. The molecule has 24 heavy (non-hydrogen) atoms. The summed E-state index contributed by atoms with van der Waals surface area (Å²) in [5.41, 5.74) is -1.03. The third kappa shape index (κ3) is 4.34. The quantitative estimate of drug-likeness (QED) is 0.801. The monoisotopic (exact) mass is 336 g/mol. The first-order valence-electron chi connectivity index (χ1n) is 8.75. The minimum atomic E-state index is -0.944. The summed E-state index contributed by atoms with van der Waals surface area (Å²) in [5, 5.41) is 10.2. The minimum Gasteiger partial charge on any atom is -0.444 e. The third-order valence-electron chi connectivity index (χ3n) is 5.01. The summed E-state index contributed by atoms with van der Waals surface area (Å²) in [6.07, 6.45) is 4.55. The van der Waals surface area contributed by atoms with E-state index in [0.29, 0.717) is 0 Å². The standard InChI is InChI=1S/C18H31BNO4/c1-16(2,3)23-15(21)20-13-8-9-14(20)11-12(10-13)19-24-18(6,7)17(4,5)22/h10,13-14,22H,8-9,11H2,1-7H3. The molecule has 0 aromatic rings. The molecule has 2 aliphatic rings. The van der Waals surface area contributed by atoms with Gasteiger partial charge in [-0.3, -0.25) is 4.90 Å². The number of carbonyl (C=O) groups is 1. The fourth-order valence-electron chi connectivity index (χ4n) is 2.92. The van der Waals surface area contributed by atoms with Crippen molar-refractivity contribution >= 4 is 13.6 Å². The van der Waals surface area contributed by atoms with Crippen LogP contribution < -0.4 is 0 Å². The second-order valence-electron chi connectivity index (χ2n) is 8.94. The summed E-state index contributed by atoms with van der Waals surface area (Å²) >= 11 is 0. The largest absolute Gasteiger partial charge is 0.444 e. The van der Waals surface area contributed by atoms with E-state index in [0.717, 1.165) is 24.7 Å². The number of hydrogen-bond acceptors (Lipinski definition) is 4. The Morgan fingerprint density at radius 3 is 2.33 bits per heavy atom. The molecular formula is C18H31BNO4. The predicted molar refractivity (Wildman–Crippen MR) is 94.8 cm³/mol. The van der Waals surface area contributed by atoms with Crippen LogP contribution in [0.1, 0.15) is 67.7 Å². The van der Waals surface area contributed by atoms with Crippen molar-refractivity contribution in [2.45, 2.75) is 96.6 Å². The molecule has 0 saturated carbocycles. The molecular weight excluding hydrogens is 305 g/mol. The predicted octanol–water partition coefficient (Wildman–Crippen LogP) is 3.23. The van der Waals surface area contributed by atoms with Crippen molar-refractivity contribution in [3.63, 3.8) is 0 Å². The van der Waals surface area contributed by atoms with Crippen LogP contribution in [-0.4, -0.2) is 52.5 Å². The van der Waals surface area contributed by atoms with Gasteiger partial charge in [0.25, 0.3) is 0 Å². The number of hydrogen-bond donors (Lipinski definition) is 1. The van der Waals surface area contributed by atoms with Crippen molar-refractivity contribution < 1.29 is 19.3 Å². The first kappa shape index (κ1) is 19.3. The first-order valence-corrected chi connectivity index (χ1v) is 8.75. The molecule has 1 radical (unpaired) electrons. The zero-order valence-corrected chi connectivity index (χ0v) is 16.0. The zero-order valence-electron chi connectivity index (χ0n) is 16.0. The molecule has 0 aromatic carbocycles. The number of fused-ring (bicyclic) bond motifs is 2. The van der Waals surface area contributed by atoms with Crippen LogP contribution in [0.5, 0.6) is 0 Å². The fourth-order valence-corrected chi connectivity index (χ4v) is 2.92. The van der Waals surface area contributed by atoms with Gasteiger partial charge < -0.3 is 14.5 Å². The number of carbonyl (C=O) groups excluding carboxylic acids is 1. The van der Waals surface area contributed by atoms with Gasteiger partial charge in [-0.15, -0.1) is 0 Å². The second kappa shape index (κ2) is 6.38. The second-order valence-corrected chi connectivity index (χ2v) is 8.94. The lowest BCUT2D eigenvalue weighted by Crippen LogP contribution is -2.49. The van der Waals surface area contributed by atoms with Gasteiger partial charge in [0.1, 0.15) is 5.60 Å². The number of amides is 1. The maximum atomic E-state index is 12.4. The van der Waals surface area contributed by atoms with Crippen molar-refractivity contribution in [2.75, 3.05) is 0 Å². The summed E-state index contributed by atoms with van der Waals surface area (Å²) in [4.78, 5) is 14.3. The van der Waals surface area contributed by atoms with Crippen molar-refractivity contribution in [3.8, 4) is 0 Å². The molecule has 2 rings (SSSR count). The molecule has 2 aliphatic heterocycles. The topological polar surface area (TPSA) is 59.0 Å². The Morgan fingerprint density at radius 2 is 1.83 bits per heavy atom. The highest BCUT2D eigenvalue weighted by Gasteiger charge is 2.42. The Labute approximate surface area is 146 Å². The zero-order chi connectivity index (χ0) is 18.3. The Morgan fingerprint density at radius 1 is 1.21 bits per heavy atom. The van der Waals surface area contributed by atoms with Gasteiger partial charge in [0, 0.05) is 6.04 Å². The normalized spacial score (nSPS) is 24.7. The third-order valence-corrected chi connectivity index (χ3v) is 5.01. The lowest BCUT2D eigenvalue weighted by Gasteiger charge is -2.39. The van der Waals surface area contributed by atoms with Crippen LogP contribution >= 0.6 is 0 Å². The van der Waals surface area contributed by atoms with Crippen molar-refractivity contribution in [3.05, 3.63) is 11.5 Å². The maximum Gasteiger partial charge on any atom is 0.411 e. The molecule has 2 heterocycles. The van der Waals surface area contributed by atoms with Crippen molar-refractivity contribution in [1.82, 2.24) is 4.90 Å². The van der Waals surface area contributed by atoms with Crippen LogP contribution in [0.4, 0.5) is 4.79 Å². The summed E-state index contributed by atoms with van der Waals surface area (Å²) in [7, 11) is 1.75. The van der Waals surface area contributed by atoms with Gasteiger partial charge in [-0.25, -0.2) is 4.79 Å². The van der Waals surface area contributed by atoms with E-state index >= 15 is 0 Å². The Kier molecular flexibility index (Phi) is 5.13. The lowest BCUT2D eigenvalue weighted by atomic mass is 9.78. The van der Waals surface area contributed by atoms with Crippen LogP contribution in [0.25, 0.3) is 0 Å². The van der Waals surface area contributed by atoms with E-state index in [-0.39, 0.29) is 18.2 Å². The summed E-state index contributed by atoms with van der Waals surface area (Å²) in [6, 6.07) is 0.230. The Balaban J connectivity index is 2.01. The molecule has 1 N–H and O–H groups in total. The van der Waals surface area contributed by atoms with Gasteiger partial charge in [0.15, 0.2) is 0 Å². The highest BCUT2D eigenvalue weighted by atomic mass is 16.6. The minimum absolute atomic E-state index is 0.0682. The van der Waals surface area contributed by atoms with E-state index in [1.165, 1.54) is 0 Å². The number of rotatable bonds is 4. The van der Waals surface area contributed by atoms with E-state index in [4.69, 9.17) is 9.39 Å². The van der Waals surface area contributed by atoms with E-state index in [2.05, 4.69) is 6.08 Å². The smallest absolute Gasteiger partial charge is 0.411 e. The van der Waals surface area contributed by atoms with Crippen LogP contribution in [0.2, 0.25) is 0 Å². The van der Waals surface area contributed by atoms with Crippen LogP contribution in [-0.2, 0) is 9.39 Å². The molecule has 135 valence electrons. The molecule has 1 fully saturated rings. The number of aliphatic hydroxyl groups is 1. The van der Waals surface area contributed by atoms with Gasteiger partial charge in [0.2, 0.25) is 0 Å². The summed E-state index contributed by atoms with van der Waals surface area (Å²) < 4.78 is 11.4. The highest BCUT2D eigenvalue weighted by molar-refractivity contribution is 6.38. The fraction of sp³-hybridized carbons (Fsp3) is 0.833. The molecule has 2 unspecified atom stereocenters. The molecule has 1 saturated heterocycles.